The van der Waals surface area contributed by atoms with Gasteiger partial charge in [-0.1, -0.05) is 67.1 Å². The van der Waals surface area contributed by atoms with Gasteiger partial charge in [0.1, 0.15) is 11.4 Å². The van der Waals surface area contributed by atoms with Crippen molar-refractivity contribution in [3.8, 4) is 5.75 Å². The molecule has 1 fully saturated rings. The molecule has 1 unspecified atom stereocenters. The first-order chi connectivity index (χ1) is 13.7. The SMILES string of the molecule is CC(N[C@H]1CC2(CCCCC2)Oc2ccccc21)c1cccc2ccccc12. The van der Waals surface area contributed by atoms with Crippen LogP contribution in [0.25, 0.3) is 10.8 Å². The van der Waals surface area contributed by atoms with E-state index in [2.05, 4.69) is 79.0 Å². The Morgan fingerprint density at radius 3 is 2.54 bits per heavy atom. The predicted octanol–water partition coefficient (Wildman–Crippen LogP) is 6.72. The lowest BCUT2D eigenvalue weighted by molar-refractivity contribution is -0.00386. The standard InChI is InChI=1S/C26H29NO/c1-19(21-14-9-11-20-10-3-4-12-22(20)21)27-24-18-26(16-7-2-8-17-26)28-25-15-6-5-13-23(24)25/h3-6,9-15,19,24,27H,2,7-8,16-18H2,1H3/t19?,24-/m0/s1. The minimum atomic E-state index is 0.0166. The van der Waals surface area contributed by atoms with Crippen molar-refractivity contribution in [3.63, 3.8) is 0 Å². The second kappa shape index (κ2) is 7.25. The molecule has 1 aliphatic heterocycles. The van der Waals surface area contributed by atoms with E-state index in [-0.39, 0.29) is 11.6 Å². The largest absolute Gasteiger partial charge is 0.487 e. The van der Waals surface area contributed by atoms with Crippen LogP contribution < -0.4 is 10.1 Å². The van der Waals surface area contributed by atoms with Crippen LogP contribution >= 0.6 is 0 Å². The fourth-order valence-corrected chi connectivity index (χ4v) is 5.29. The zero-order valence-electron chi connectivity index (χ0n) is 16.7. The summed E-state index contributed by atoms with van der Waals surface area (Å²) in [4.78, 5) is 0. The van der Waals surface area contributed by atoms with E-state index >= 15 is 0 Å². The molecule has 144 valence electrons. The second-order valence-corrected chi connectivity index (χ2v) is 8.60. The number of nitrogens with one attached hydrogen (secondary N) is 1. The molecule has 0 radical (unpaired) electrons. The van der Waals surface area contributed by atoms with Crippen LogP contribution in [0.1, 0.15) is 68.7 Å². The van der Waals surface area contributed by atoms with Gasteiger partial charge in [0.2, 0.25) is 0 Å². The Morgan fingerprint density at radius 1 is 0.893 bits per heavy atom. The van der Waals surface area contributed by atoms with Gasteiger partial charge in [0.15, 0.2) is 0 Å². The van der Waals surface area contributed by atoms with Gasteiger partial charge >= 0.3 is 0 Å². The summed E-state index contributed by atoms with van der Waals surface area (Å²) in [6, 6.07) is 24.6. The molecule has 1 N–H and O–H groups in total. The number of benzene rings is 3. The van der Waals surface area contributed by atoms with E-state index < -0.39 is 0 Å². The van der Waals surface area contributed by atoms with Gasteiger partial charge in [-0.15, -0.1) is 0 Å². The fraction of sp³-hybridized carbons (Fsp3) is 0.385. The van der Waals surface area contributed by atoms with E-state index in [1.807, 2.05) is 0 Å². The predicted molar refractivity (Wildman–Crippen MR) is 116 cm³/mol. The van der Waals surface area contributed by atoms with E-state index in [1.165, 1.54) is 54.0 Å². The number of ether oxygens (including phenoxy) is 1. The van der Waals surface area contributed by atoms with Crippen LogP contribution in [-0.4, -0.2) is 5.60 Å². The Kier molecular flexibility index (Phi) is 4.60. The molecular weight excluding hydrogens is 342 g/mol. The fourth-order valence-electron chi connectivity index (χ4n) is 5.29. The van der Waals surface area contributed by atoms with E-state index in [9.17, 15) is 0 Å². The van der Waals surface area contributed by atoms with Crippen molar-refractivity contribution < 1.29 is 4.74 Å². The molecule has 2 aliphatic rings. The van der Waals surface area contributed by atoms with E-state index in [0.29, 0.717) is 6.04 Å². The summed E-state index contributed by atoms with van der Waals surface area (Å²) in [6.07, 6.45) is 7.35. The molecule has 1 spiro atoms. The molecule has 2 atom stereocenters. The quantitative estimate of drug-likeness (QED) is 0.552. The third-order valence-electron chi connectivity index (χ3n) is 6.70. The van der Waals surface area contributed by atoms with E-state index in [0.717, 1.165) is 12.2 Å². The molecule has 0 bridgehead atoms. The Balaban J connectivity index is 1.47. The van der Waals surface area contributed by atoms with Crippen molar-refractivity contribution in [2.45, 2.75) is 63.1 Å². The Morgan fingerprint density at radius 2 is 1.64 bits per heavy atom. The third-order valence-corrected chi connectivity index (χ3v) is 6.70. The van der Waals surface area contributed by atoms with Crippen LogP contribution in [0, 0.1) is 0 Å². The smallest absolute Gasteiger partial charge is 0.124 e. The highest BCUT2D eigenvalue weighted by Crippen LogP contribution is 2.46. The van der Waals surface area contributed by atoms with Crippen LogP contribution in [-0.2, 0) is 0 Å². The lowest BCUT2D eigenvalue weighted by Crippen LogP contribution is -2.45. The first kappa shape index (κ1) is 17.8. The van der Waals surface area contributed by atoms with Crippen LogP contribution in [0.5, 0.6) is 5.75 Å². The minimum Gasteiger partial charge on any atom is -0.487 e. The summed E-state index contributed by atoms with van der Waals surface area (Å²) in [7, 11) is 0. The summed E-state index contributed by atoms with van der Waals surface area (Å²) >= 11 is 0. The summed E-state index contributed by atoms with van der Waals surface area (Å²) in [6.45, 7) is 2.30. The van der Waals surface area contributed by atoms with Gasteiger partial charge in [-0.3, -0.25) is 0 Å². The van der Waals surface area contributed by atoms with E-state index in [1.54, 1.807) is 0 Å². The minimum absolute atomic E-state index is 0.0166. The zero-order chi connectivity index (χ0) is 19.0. The van der Waals surface area contributed by atoms with Crippen LogP contribution in [0.15, 0.2) is 66.7 Å². The number of hydrogen-bond donors (Lipinski definition) is 1. The Labute approximate surface area is 167 Å². The number of fused-ring (bicyclic) bond motifs is 2. The molecule has 1 heterocycles. The van der Waals surface area contributed by atoms with Gasteiger partial charge in [0.05, 0.1) is 0 Å². The highest BCUT2D eigenvalue weighted by atomic mass is 16.5. The van der Waals surface area contributed by atoms with Crippen LogP contribution in [0.3, 0.4) is 0 Å². The highest BCUT2D eigenvalue weighted by molar-refractivity contribution is 5.86. The highest BCUT2D eigenvalue weighted by Gasteiger charge is 2.41. The van der Waals surface area contributed by atoms with Gasteiger partial charge in [-0.25, -0.2) is 0 Å². The number of hydrogen-bond acceptors (Lipinski definition) is 2. The average molecular weight is 372 g/mol. The summed E-state index contributed by atoms with van der Waals surface area (Å²) in [5.74, 6) is 1.08. The van der Waals surface area contributed by atoms with Crippen molar-refractivity contribution in [2.24, 2.45) is 0 Å². The first-order valence-corrected chi connectivity index (χ1v) is 10.8. The maximum Gasteiger partial charge on any atom is 0.124 e. The number of para-hydroxylation sites is 1. The van der Waals surface area contributed by atoms with Gasteiger partial charge in [0.25, 0.3) is 0 Å². The third kappa shape index (κ3) is 3.20. The van der Waals surface area contributed by atoms with Crippen LogP contribution in [0.4, 0.5) is 0 Å². The van der Waals surface area contributed by atoms with Gasteiger partial charge in [0, 0.05) is 24.1 Å². The molecular formula is C26H29NO. The Bertz CT molecular complexity index is 968. The maximum atomic E-state index is 6.61. The first-order valence-electron chi connectivity index (χ1n) is 10.8. The van der Waals surface area contributed by atoms with Crippen molar-refractivity contribution in [1.29, 1.82) is 0 Å². The van der Waals surface area contributed by atoms with Crippen molar-refractivity contribution >= 4 is 10.8 Å². The summed E-state index contributed by atoms with van der Waals surface area (Å²) in [5.41, 5.74) is 2.70. The molecule has 3 aromatic carbocycles. The van der Waals surface area contributed by atoms with E-state index in [4.69, 9.17) is 4.74 Å². The van der Waals surface area contributed by atoms with Crippen molar-refractivity contribution in [1.82, 2.24) is 5.32 Å². The Hall–Kier alpha value is -2.32. The maximum absolute atomic E-state index is 6.61. The normalized spacial score (nSPS) is 21.8. The van der Waals surface area contributed by atoms with Gasteiger partial charge in [-0.05, 0) is 55.0 Å². The van der Waals surface area contributed by atoms with Gasteiger partial charge < -0.3 is 10.1 Å². The second-order valence-electron chi connectivity index (χ2n) is 8.60. The molecule has 5 rings (SSSR count). The molecule has 28 heavy (non-hydrogen) atoms. The lowest BCUT2D eigenvalue weighted by Gasteiger charge is -2.45. The average Bonchev–Trinajstić information content (AvgIpc) is 2.74. The molecule has 0 aromatic heterocycles. The van der Waals surface area contributed by atoms with Gasteiger partial charge in [-0.2, -0.15) is 0 Å². The topological polar surface area (TPSA) is 21.3 Å². The summed E-state index contributed by atoms with van der Waals surface area (Å²) < 4.78 is 6.61. The molecule has 1 aliphatic carbocycles. The molecule has 0 amide bonds. The summed E-state index contributed by atoms with van der Waals surface area (Å²) in [5, 5.41) is 6.63. The molecule has 1 saturated carbocycles. The van der Waals surface area contributed by atoms with Crippen molar-refractivity contribution in [2.75, 3.05) is 0 Å². The lowest BCUT2D eigenvalue weighted by atomic mass is 9.77. The zero-order valence-corrected chi connectivity index (χ0v) is 16.7. The van der Waals surface area contributed by atoms with Crippen molar-refractivity contribution in [3.05, 3.63) is 77.9 Å². The molecule has 0 saturated heterocycles. The van der Waals surface area contributed by atoms with Crippen LogP contribution in [0.2, 0.25) is 0 Å². The molecule has 2 heteroatoms. The molecule has 3 aromatic rings. The molecule has 2 nitrogen and oxygen atoms in total. The number of rotatable bonds is 3. The monoisotopic (exact) mass is 371 g/mol.